The van der Waals surface area contributed by atoms with Crippen LogP contribution in [0.5, 0.6) is 0 Å². The van der Waals surface area contributed by atoms with Crippen LogP contribution in [0.2, 0.25) is 0 Å². The van der Waals surface area contributed by atoms with Crippen molar-refractivity contribution in [1.82, 2.24) is 19.7 Å². The van der Waals surface area contributed by atoms with Crippen molar-refractivity contribution in [2.75, 3.05) is 13.1 Å². The number of aromatic nitrogens is 3. The minimum absolute atomic E-state index is 0.120. The van der Waals surface area contributed by atoms with Crippen LogP contribution >= 0.6 is 11.6 Å². The van der Waals surface area contributed by atoms with Gasteiger partial charge in [0.05, 0.1) is 6.54 Å². The van der Waals surface area contributed by atoms with Crippen molar-refractivity contribution in [2.45, 2.75) is 57.3 Å². The van der Waals surface area contributed by atoms with Gasteiger partial charge in [0.2, 0.25) is 0 Å². The van der Waals surface area contributed by atoms with Crippen molar-refractivity contribution in [1.29, 1.82) is 0 Å². The van der Waals surface area contributed by atoms with E-state index in [4.69, 9.17) is 11.6 Å². The molecule has 0 radical (unpaired) electrons. The van der Waals surface area contributed by atoms with Crippen LogP contribution in [0.1, 0.15) is 63.5 Å². The Bertz CT molecular complexity index is 1010. The molecule has 1 saturated heterocycles. The highest BCUT2D eigenvalue weighted by atomic mass is 35.5. The predicted octanol–water partition coefficient (Wildman–Crippen LogP) is 5.22. The summed E-state index contributed by atoms with van der Waals surface area (Å²) in [7, 11) is 2.05. The number of halogens is 1. The van der Waals surface area contributed by atoms with Crippen LogP contribution in [-0.4, -0.2) is 38.5 Å². The number of hydrogen-bond acceptors (Lipinski definition) is 4. The molecule has 1 aromatic rings. The number of ketones is 1. The van der Waals surface area contributed by atoms with Crippen molar-refractivity contribution in [2.24, 2.45) is 7.05 Å². The second-order valence-electron chi connectivity index (χ2n) is 8.98. The van der Waals surface area contributed by atoms with E-state index in [9.17, 15) is 4.79 Å². The second-order valence-corrected chi connectivity index (χ2v) is 9.44. The van der Waals surface area contributed by atoms with E-state index in [0.29, 0.717) is 25.2 Å². The number of nitrogens with zero attached hydrogens (tertiary/aromatic N) is 4. The molecule has 4 rings (SSSR count). The summed E-state index contributed by atoms with van der Waals surface area (Å²) in [6.45, 7) is 7.34. The Hall–Kier alpha value is -2.40. The van der Waals surface area contributed by atoms with Crippen LogP contribution < -0.4 is 0 Å². The lowest BCUT2D eigenvalue weighted by Gasteiger charge is -2.28. The van der Waals surface area contributed by atoms with Crippen molar-refractivity contribution in [3.63, 3.8) is 0 Å². The lowest BCUT2D eigenvalue weighted by atomic mass is 9.96. The Morgan fingerprint density at radius 1 is 1.32 bits per heavy atom. The molecular weight excluding hydrogens is 408 g/mol. The third-order valence-corrected chi connectivity index (χ3v) is 7.02. The maximum atomic E-state index is 11.9. The molecule has 2 heterocycles. The summed E-state index contributed by atoms with van der Waals surface area (Å²) in [6.07, 6.45) is 16.8. The fourth-order valence-electron chi connectivity index (χ4n) is 4.60. The van der Waals surface area contributed by atoms with Gasteiger partial charge >= 0.3 is 0 Å². The van der Waals surface area contributed by atoms with Crippen molar-refractivity contribution >= 4 is 23.0 Å². The number of allylic oxidation sites excluding steroid dienone is 8. The van der Waals surface area contributed by atoms with Gasteiger partial charge in [0, 0.05) is 48.2 Å². The average molecular weight is 439 g/mol. The number of hydrogen-bond donors (Lipinski definition) is 0. The summed E-state index contributed by atoms with van der Waals surface area (Å²) < 4.78 is 2.12. The van der Waals surface area contributed by atoms with Crippen LogP contribution in [0.25, 0.3) is 5.57 Å². The van der Waals surface area contributed by atoms with Gasteiger partial charge in [-0.1, -0.05) is 42.0 Å². The van der Waals surface area contributed by atoms with Crippen molar-refractivity contribution < 1.29 is 4.79 Å². The summed E-state index contributed by atoms with van der Waals surface area (Å²) in [6, 6.07) is 0. The van der Waals surface area contributed by atoms with E-state index in [1.54, 1.807) is 0 Å². The zero-order valence-electron chi connectivity index (χ0n) is 18.5. The summed E-state index contributed by atoms with van der Waals surface area (Å²) in [4.78, 5) is 14.0. The van der Waals surface area contributed by atoms with Gasteiger partial charge in [-0.15, -0.1) is 10.2 Å². The van der Waals surface area contributed by atoms with Crippen LogP contribution in [0.15, 0.2) is 53.3 Å². The van der Waals surface area contributed by atoms with Gasteiger partial charge in [-0.05, 0) is 51.2 Å². The summed E-state index contributed by atoms with van der Waals surface area (Å²) in [5, 5.41) is 9.91. The minimum atomic E-state index is 0.120. The third-order valence-electron chi connectivity index (χ3n) is 6.66. The Balaban J connectivity index is 1.53. The first-order chi connectivity index (χ1) is 14.9. The number of Topliss-reactive ketones (excluding diaryl/α,β-unsaturated/α-hetero) is 1. The number of likely N-dealkylation sites (tertiary alicyclic amines) is 1. The molecule has 6 heteroatoms. The summed E-state index contributed by atoms with van der Waals surface area (Å²) in [5.41, 5.74) is 3.44. The number of carbonyl (C=O) groups is 1. The highest BCUT2D eigenvalue weighted by Crippen LogP contribution is 2.51. The van der Waals surface area contributed by atoms with Crippen molar-refractivity contribution in [3.05, 3.63) is 64.9 Å². The van der Waals surface area contributed by atoms with E-state index in [1.165, 1.54) is 5.57 Å². The smallest absolute Gasteiger partial charge is 0.164 e. The maximum absolute atomic E-state index is 11.9. The van der Waals surface area contributed by atoms with E-state index in [1.807, 2.05) is 19.2 Å². The number of carbonyl (C=O) groups excluding carboxylic acids is 1. The molecule has 0 aromatic carbocycles. The maximum Gasteiger partial charge on any atom is 0.164 e. The lowest BCUT2D eigenvalue weighted by Crippen LogP contribution is -2.34. The van der Waals surface area contributed by atoms with Gasteiger partial charge in [-0.3, -0.25) is 4.79 Å². The highest BCUT2D eigenvalue weighted by molar-refractivity contribution is 6.33. The van der Waals surface area contributed by atoms with Crippen LogP contribution in [0.3, 0.4) is 0 Å². The molecule has 31 heavy (non-hydrogen) atoms. The van der Waals surface area contributed by atoms with E-state index in [2.05, 4.69) is 51.4 Å². The average Bonchev–Trinajstić information content (AvgIpc) is 3.48. The molecule has 3 aliphatic rings. The zero-order valence-corrected chi connectivity index (χ0v) is 19.3. The number of piperidine rings is 1. The Morgan fingerprint density at radius 3 is 2.84 bits per heavy atom. The molecule has 0 bridgehead atoms. The van der Waals surface area contributed by atoms with E-state index in [-0.39, 0.29) is 5.41 Å². The van der Waals surface area contributed by atoms with Gasteiger partial charge in [-0.2, -0.15) is 0 Å². The minimum Gasteiger partial charge on any atom is -0.364 e. The molecule has 0 spiro atoms. The van der Waals surface area contributed by atoms with Crippen molar-refractivity contribution in [3.8, 4) is 0 Å². The largest absolute Gasteiger partial charge is 0.364 e. The Kier molecular flexibility index (Phi) is 6.33. The quantitative estimate of drug-likeness (QED) is 0.548. The summed E-state index contributed by atoms with van der Waals surface area (Å²) in [5.74, 6) is 2.17. The zero-order chi connectivity index (χ0) is 22.0. The first-order valence-electron chi connectivity index (χ1n) is 11.2. The fraction of sp³-hybridized carbons (Fsp3) is 0.480. The van der Waals surface area contributed by atoms with E-state index < -0.39 is 0 Å². The summed E-state index contributed by atoms with van der Waals surface area (Å²) >= 11 is 6.70. The van der Waals surface area contributed by atoms with Crippen LogP contribution in [-0.2, 0) is 17.3 Å². The van der Waals surface area contributed by atoms with Crippen LogP contribution in [0, 0.1) is 0 Å². The highest BCUT2D eigenvalue weighted by Gasteiger charge is 2.47. The molecule has 164 valence electrons. The topological polar surface area (TPSA) is 51.0 Å². The SMILES string of the molecule is C=C/C=C(/C)CCC1(c2nnc(C3=C(Cl)CC=C(N4CCCC(=O)C4)C=C3)n2C)CC1. The molecule has 1 saturated carbocycles. The van der Waals surface area contributed by atoms with Crippen LogP contribution in [0.4, 0.5) is 0 Å². The van der Waals surface area contributed by atoms with Gasteiger partial charge in [0.1, 0.15) is 5.82 Å². The molecular formula is C25H31ClN4O. The molecule has 0 unspecified atom stereocenters. The first-order valence-corrected chi connectivity index (χ1v) is 11.5. The molecule has 1 aromatic heterocycles. The number of rotatable bonds is 7. The third kappa shape index (κ3) is 4.62. The van der Waals surface area contributed by atoms with E-state index in [0.717, 1.165) is 66.6 Å². The molecule has 0 N–H and O–H groups in total. The molecule has 0 amide bonds. The van der Waals surface area contributed by atoms with E-state index >= 15 is 0 Å². The second kappa shape index (κ2) is 8.99. The molecule has 0 atom stereocenters. The molecule has 2 fully saturated rings. The molecule has 1 aliphatic heterocycles. The predicted molar refractivity (Wildman–Crippen MR) is 126 cm³/mol. The normalized spacial score (nSPS) is 21.3. The monoisotopic (exact) mass is 438 g/mol. The Morgan fingerprint density at radius 2 is 2.13 bits per heavy atom. The first kappa shape index (κ1) is 21.8. The Labute approximate surface area is 189 Å². The molecule has 5 nitrogen and oxygen atoms in total. The lowest BCUT2D eigenvalue weighted by molar-refractivity contribution is -0.121. The standard InChI is InChI=1S/C25H31ClN4O/c1-4-6-18(2)12-13-25(14-15-25)24-28-27-23(29(24)3)21-10-8-19(9-11-22(21)26)30-16-5-7-20(31)17-30/h4,6,8-10H,1,5,7,11-17H2,2-3H3/b18-6-. The van der Waals surface area contributed by atoms with Gasteiger partial charge in [-0.25, -0.2) is 0 Å². The van der Waals surface area contributed by atoms with Gasteiger partial charge in [0.15, 0.2) is 11.6 Å². The van der Waals surface area contributed by atoms with Gasteiger partial charge < -0.3 is 9.47 Å². The van der Waals surface area contributed by atoms with Gasteiger partial charge in [0.25, 0.3) is 0 Å². The fourth-order valence-corrected chi connectivity index (χ4v) is 4.83. The molecule has 2 aliphatic carbocycles.